The van der Waals surface area contributed by atoms with Crippen LogP contribution < -0.4 is 10.6 Å². The summed E-state index contributed by atoms with van der Waals surface area (Å²) in [4.78, 5) is 21.2. The molecule has 1 amide bonds. The fraction of sp³-hybridized carbons (Fsp3) is 0.450. The van der Waals surface area contributed by atoms with Crippen LogP contribution in [0, 0.1) is 6.92 Å². The minimum atomic E-state index is -0.109. The van der Waals surface area contributed by atoms with E-state index in [1.165, 1.54) is 24.8 Å². The third-order valence-electron chi connectivity index (χ3n) is 4.65. The van der Waals surface area contributed by atoms with Gasteiger partial charge < -0.3 is 10.6 Å². The first-order valence-electron chi connectivity index (χ1n) is 9.16. The molecular formula is C20H26N4O. The predicted octanol–water partition coefficient (Wildman–Crippen LogP) is 4.15. The summed E-state index contributed by atoms with van der Waals surface area (Å²) in [6.07, 6.45) is 6.78. The van der Waals surface area contributed by atoms with Crippen LogP contribution in [0.2, 0.25) is 0 Å². The highest BCUT2D eigenvalue weighted by Crippen LogP contribution is 2.19. The van der Waals surface area contributed by atoms with Gasteiger partial charge in [0, 0.05) is 17.8 Å². The maximum absolute atomic E-state index is 12.5. The van der Waals surface area contributed by atoms with Gasteiger partial charge in [0.1, 0.15) is 17.3 Å². The van der Waals surface area contributed by atoms with E-state index in [1.54, 1.807) is 6.07 Å². The van der Waals surface area contributed by atoms with Crippen molar-refractivity contribution in [1.29, 1.82) is 0 Å². The van der Waals surface area contributed by atoms with Gasteiger partial charge in [-0.3, -0.25) is 4.79 Å². The van der Waals surface area contributed by atoms with E-state index in [0.717, 1.165) is 24.9 Å². The zero-order valence-electron chi connectivity index (χ0n) is 15.0. The zero-order valence-corrected chi connectivity index (χ0v) is 15.0. The average molecular weight is 338 g/mol. The van der Waals surface area contributed by atoms with Gasteiger partial charge >= 0.3 is 0 Å². The van der Waals surface area contributed by atoms with Crippen LogP contribution in [0.1, 0.15) is 60.9 Å². The van der Waals surface area contributed by atoms with E-state index in [0.29, 0.717) is 17.3 Å². The number of carbonyl (C=O) groups excluding carboxylic acids is 1. The Kier molecular flexibility index (Phi) is 5.64. The Morgan fingerprint density at radius 1 is 1.12 bits per heavy atom. The molecule has 1 aromatic heterocycles. The lowest BCUT2D eigenvalue weighted by molar-refractivity contribution is 0.0922. The fourth-order valence-electron chi connectivity index (χ4n) is 3.23. The van der Waals surface area contributed by atoms with Crippen molar-refractivity contribution in [2.75, 3.05) is 5.32 Å². The molecular weight excluding hydrogens is 312 g/mol. The van der Waals surface area contributed by atoms with E-state index < -0.39 is 0 Å². The second-order valence-corrected chi connectivity index (χ2v) is 6.67. The van der Waals surface area contributed by atoms with Crippen LogP contribution in [0.25, 0.3) is 0 Å². The molecule has 0 unspecified atom stereocenters. The van der Waals surface area contributed by atoms with Crippen LogP contribution in [-0.4, -0.2) is 21.9 Å². The fourth-order valence-corrected chi connectivity index (χ4v) is 3.23. The van der Waals surface area contributed by atoms with E-state index >= 15 is 0 Å². The van der Waals surface area contributed by atoms with Gasteiger partial charge in [-0.05, 0) is 43.9 Å². The Morgan fingerprint density at radius 3 is 2.52 bits per heavy atom. The molecule has 1 heterocycles. The molecule has 0 radical (unpaired) electrons. The average Bonchev–Trinajstić information content (AvgIpc) is 2.63. The van der Waals surface area contributed by atoms with E-state index in [9.17, 15) is 4.79 Å². The highest BCUT2D eigenvalue weighted by atomic mass is 16.1. The van der Waals surface area contributed by atoms with Gasteiger partial charge in [-0.25, -0.2) is 9.97 Å². The van der Waals surface area contributed by atoms with Gasteiger partial charge in [0.2, 0.25) is 0 Å². The first-order chi connectivity index (χ1) is 12.1. The van der Waals surface area contributed by atoms with E-state index in [2.05, 4.69) is 39.7 Å². The maximum Gasteiger partial charge on any atom is 0.270 e. The van der Waals surface area contributed by atoms with Crippen LogP contribution in [0.5, 0.6) is 0 Å². The molecule has 2 N–H and O–H groups in total. The number of hydrogen-bond donors (Lipinski definition) is 2. The second-order valence-electron chi connectivity index (χ2n) is 6.67. The summed E-state index contributed by atoms with van der Waals surface area (Å²) in [5, 5.41) is 6.38. The molecule has 25 heavy (non-hydrogen) atoms. The Labute approximate surface area is 149 Å². The lowest BCUT2D eigenvalue weighted by Gasteiger charge is -2.22. The molecule has 5 heteroatoms. The molecule has 1 fully saturated rings. The number of aryl methyl sites for hydroxylation is 2. The molecule has 1 aromatic carbocycles. The highest BCUT2D eigenvalue weighted by Gasteiger charge is 2.18. The summed E-state index contributed by atoms with van der Waals surface area (Å²) in [5.41, 5.74) is 2.66. The minimum absolute atomic E-state index is 0.109. The van der Waals surface area contributed by atoms with Crippen molar-refractivity contribution in [1.82, 2.24) is 15.3 Å². The molecule has 0 aliphatic heterocycles. The summed E-state index contributed by atoms with van der Waals surface area (Å²) in [6, 6.07) is 10.2. The topological polar surface area (TPSA) is 66.9 Å². The van der Waals surface area contributed by atoms with Crippen LogP contribution in [0.3, 0.4) is 0 Å². The summed E-state index contributed by atoms with van der Waals surface area (Å²) in [7, 11) is 0. The first kappa shape index (κ1) is 17.4. The van der Waals surface area contributed by atoms with Gasteiger partial charge in [0.15, 0.2) is 0 Å². The standard InChI is InChI=1S/C20H26N4O/c1-3-15-9-11-17(12-10-15)23-19-13-18(21-14(2)22-19)20(25)24-16-7-5-4-6-8-16/h9-13,16H,3-8H2,1-2H3,(H,24,25)(H,21,22,23). The minimum Gasteiger partial charge on any atom is -0.348 e. The van der Waals surface area contributed by atoms with Crippen molar-refractivity contribution in [3.8, 4) is 0 Å². The van der Waals surface area contributed by atoms with E-state index in [4.69, 9.17) is 0 Å². The largest absolute Gasteiger partial charge is 0.348 e. The predicted molar refractivity (Wildman–Crippen MR) is 100 cm³/mol. The number of hydrogen-bond acceptors (Lipinski definition) is 4. The Morgan fingerprint density at radius 2 is 1.84 bits per heavy atom. The van der Waals surface area contributed by atoms with Crippen LogP contribution in [-0.2, 0) is 6.42 Å². The maximum atomic E-state index is 12.5. The summed E-state index contributed by atoms with van der Waals surface area (Å²) >= 11 is 0. The van der Waals surface area contributed by atoms with Crippen molar-refractivity contribution in [3.63, 3.8) is 0 Å². The number of carbonyl (C=O) groups is 1. The summed E-state index contributed by atoms with van der Waals surface area (Å²) in [5.74, 6) is 1.12. The van der Waals surface area contributed by atoms with E-state index in [-0.39, 0.29) is 11.9 Å². The number of benzene rings is 1. The van der Waals surface area contributed by atoms with Crippen molar-refractivity contribution in [2.45, 2.75) is 58.4 Å². The van der Waals surface area contributed by atoms with Gasteiger partial charge in [-0.15, -0.1) is 0 Å². The third kappa shape index (κ3) is 4.78. The van der Waals surface area contributed by atoms with Gasteiger partial charge in [-0.1, -0.05) is 38.3 Å². The zero-order chi connectivity index (χ0) is 17.6. The van der Waals surface area contributed by atoms with Gasteiger partial charge in [0.25, 0.3) is 5.91 Å². The number of amides is 1. The van der Waals surface area contributed by atoms with Crippen LogP contribution in [0.4, 0.5) is 11.5 Å². The smallest absolute Gasteiger partial charge is 0.270 e. The van der Waals surface area contributed by atoms with Crippen LogP contribution >= 0.6 is 0 Å². The van der Waals surface area contributed by atoms with Crippen molar-refractivity contribution in [3.05, 3.63) is 47.4 Å². The molecule has 5 nitrogen and oxygen atoms in total. The quantitative estimate of drug-likeness (QED) is 0.859. The number of anilines is 2. The molecule has 1 aliphatic rings. The number of rotatable bonds is 5. The number of nitrogens with one attached hydrogen (secondary N) is 2. The van der Waals surface area contributed by atoms with Crippen molar-refractivity contribution >= 4 is 17.4 Å². The van der Waals surface area contributed by atoms with Gasteiger partial charge in [0.05, 0.1) is 0 Å². The lowest BCUT2D eigenvalue weighted by Crippen LogP contribution is -2.36. The Bertz CT molecular complexity index is 721. The summed E-state index contributed by atoms with van der Waals surface area (Å²) in [6.45, 7) is 3.94. The Hall–Kier alpha value is -2.43. The van der Waals surface area contributed by atoms with Gasteiger partial charge in [-0.2, -0.15) is 0 Å². The lowest BCUT2D eigenvalue weighted by atomic mass is 9.95. The SMILES string of the molecule is CCc1ccc(Nc2cc(C(=O)NC3CCCCC3)nc(C)n2)cc1. The molecule has 132 valence electrons. The number of nitrogens with zero attached hydrogens (tertiary/aromatic N) is 2. The monoisotopic (exact) mass is 338 g/mol. The van der Waals surface area contributed by atoms with Crippen LogP contribution in [0.15, 0.2) is 30.3 Å². The molecule has 1 saturated carbocycles. The first-order valence-corrected chi connectivity index (χ1v) is 9.16. The molecule has 0 atom stereocenters. The molecule has 0 bridgehead atoms. The van der Waals surface area contributed by atoms with Crippen molar-refractivity contribution in [2.24, 2.45) is 0 Å². The second kappa shape index (κ2) is 8.10. The third-order valence-corrected chi connectivity index (χ3v) is 4.65. The highest BCUT2D eigenvalue weighted by molar-refractivity contribution is 5.93. The van der Waals surface area contributed by atoms with Crippen molar-refractivity contribution < 1.29 is 4.79 Å². The molecule has 0 saturated heterocycles. The number of aromatic nitrogens is 2. The van der Waals surface area contributed by atoms with E-state index in [1.807, 2.05) is 19.1 Å². The Balaban J connectivity index is 1.71. The molecule has 2 aromatic rings. The summed E-state index contributed by atoms with van der Waals surface area (Å²) < 4.78 is 0. The molecule has 0 spiro atoms. The normalized spacial score (nSPS) is 15.0. The molecule has 1 aliphatic carbocycles. The molecule has 3 rings (SSSR count).